The molecule has 1 rings (SSSR count). The summed E-state index contributed by atoms with van der Waals surface area (Å²) < 4.78 is 0. The minimum atomic E-state index is -0.141. The summed E-state index contributed by atoms with van der Waals surface area (Å²) in [7, 11) is 0. The fourth-order valence-electron chi connectivity index (χ4n) is 1.63. The molecule has 0 bridgehead atoms. The zero-order valence-corrected chi connectivity index (χ0v) is 8.83. The first-order chi connectivity index (χ1) is 7.20. The molecule has 0 aliphatic heterocycles. The van der Waals surface area contributed by atoms with Gasteiger partial charge in [0.1, 0.15) is 0 Å². The van der Waals surface area contributed by atoms with Gasteiger partial charge in [-0.05, 0) is 24.0 Å². The van der Waals surface area contributed by atoms with E-state index in [0.717, 1.165) is 17.5 Å². The van der Waals surface area contributed by atoms with Crippen LogP contribution in [0.15, 0.2) is 43.5 Å². The van der Waals surface area contributed by atoms with Crippen molar-refractivity contribution in [3.63, 3.8) is 0 Å². The summed E-state index contributed by atoms with van der Waals surface area (Å²) in [5.74, 6) is -0.141. The van der Waals surface area contributed by atoms with Crippen molar-refractivity contribution < 1.29 is 4.79 Å². The topological polar surface area (TPSA) is 17.1 Å². The number of hydrogen-bond donors (Lipinski definition) is 0. The Morgan fingerprint density at radius 2 is 1.87 bits per heavy atom. The van der Waals surface area contributed by atoms with Crippen LogP contribution in [0.3, 0.4) is 0 Å². The lowest BCUT2D eigenvalue weighted by molar-refractivity contribution is 0.104. The molecule has 0 atom stereocenters. The number of Topliss-reactive ketones (excluding diaryl/α,β-unsaturated/α-hetero) is 1. The fraction of sp³-hybridized carbons (Fsp3) is 0.143. The lowest BCUT2D eigenvalue weighted by Crippen LogP contribution is -2.03. The van der Waals surface area contributed by atoms with E-state index in [2.05, 4.69) is 20.1 Å². The number of ketones is 1. The van der Waals surface area contributed by atoms with Gasteiger partial charge in [0.05, 0.1) is 0 Å². The molecule has 77 valence electrons. The van der Waals surface area contributed by atoms with E-state index < -0.39 is 0 Å². The molecule has 0 fully saturated rings. The Morgan fingerprint density at radius 3 is 2.40 bits per heavy atom. The van der Waals surface area contributed by atoms with Gasteiger partial charge < -0.3 is 0 Å². The van der Waals surface area contributed by atoms with E-state index in [0.29, 0.717) is 12.0 Å². The van der Waals surface area contributed by atoms with Crippen LogP contribution in [0.25, 0.3) is 0 Å². The van der Waals surface area contributed by atoms with Gasteiger partial charge in [0.2, 0.25) is 0 Å². The molecule has 0 unspecified atom stereocenters. The predicted octanol–water partition coefficient (Wildman–Crippen LogP) is 3.16. The number of hydrogen-bond acceptors (Lipinski definition) is 1. The van der Waals surface area contributed by atoms with Crippen molar-refractivity contribution in [1.82, 2.24) is 0 Å². The van der Waals surface area contributed by atoms with Crippen molar-refractivity contribution in [2.75, 3.05) is 0 Å². The van der Waals surface area contributed by atoms with Crippen LogP contribution in [0.2, 0.25) is 0 Å². The molecule has 0 aliphatic rings. The monoisotopic (exact) mass is 199 g/mol. The van der Waals surface area contributed by atoms with Crippen LogP contribution >= 0.6 is 0 Å². The number of carbonyl (C=O) groups is 1. The lowest BCUT2D eigenvalue weighted by Gasteiger charge is -2.10. The lowest BCUT2D eigenvalue weighted by atomic mass is 9.94. The van der Waals surface area contributed by atoms with Gasteiger partial charge >= 0.3 is 0 Å². The SMILES string of the molecule is [CH2]C(=O)c1cccc(CC=C)c1CC=C. The molecule has 1 nitrogen and oxygen atoms in total. The van der Waals surface area contributed by atoms with E-state index in [4.69, 9.17) is 0 Å². The Kier molecular flexibility index (Phi) is 4.04. The molecular formula is C14H15O. The molecule has 1 heteroatoms. The highest BCUT2D eigenvalue weighted by atomic mass is 16.1. The molecule has 0 saturated heterocycles. The van der Waals surface area contributed by atoms with Crippen molar-refractivity contribution in [2.24, 2.45) is 0 Å². The van der Waals surface area contributed by atoms with Crippen molar-refractivity contribution >= 4 is 5.78 Å². The van der Waals surface area contributed by atoms with Gasteiger partial charge in [-0.15, -0.1) is 13.2 Å². The zero-order valence-electron chi connectivity index (χ0n) is 8.83. The first-order valence-corrected chi connectivity index (χ1v) is 4.89. The second kappa shape index (κ2) is 5.30. The van der Waals surface area contributed by atoms with Gasteiger partial charge in [0, 0.05) is 12.5 Å². The van der Waals surface area contributed by atoms with Crippen LogP contribution in [-0.4, -0.2) is 5.78 Å². The Balaban J connectivity index is 3.26. The van der Waals surface area contributed by atoms with Crippen molar-refractivity contribution in [3.8, 4) is 0 Å². The Bertz CT molecular complexity index is 388. The van der Waals surface area contributed by atoms with E-state index in [1.807, 2.05) is 18.2 Å². The quantitative estimate of drug-likeness (QED) is 0.526. The maximum absolute atomic E-state index is 11.3. The molecule has 0 spiro atoms. The molecule has 0 amide bonds. The number of benzene rings is 1. The predicted molar refractivity (Wildman–Crippen MR) is 63.9 cm³/mol. The smallest absolute Gasteiger partial charge is 0.163 e. The average Bonchev–Trinajstić information content (AvgIpc) is 2.21. The molecule has 1 radical (unpaired) electrons. The standard InChI is InChI=1S/C14H15O/c1-4-7-12-9-6-10-13(11(3)15)14(12)8-5-2/h4-6,9-10H,1-3,7-8H2. The summed E-state index contributed by atoms with van der Waals surface area (Å²) in [6.45, 7) is 10.9. The Morgan fingerprint density at radius 1 is 1.20 bits per heavy atom. The van der Waals surface area contributed by atoms with E-state index in [1.165, 1.54) is 0 Å². The van der Waals surface area contributed by atoms with Crippen LogP contribution in [0, 0.1) is 6.92 Å². The maximum atomic E-state index is 11.3. The van der Waals surface area contributed by atoms with Crippen LogP contribution in [-0.2, 0) is 12.8 Å². The molecule has 0 aromatic heterocycles. The van der Waals surface area contributed by atoms with Gasteiger partial charge in [-0.2, -0.15) is 0 Å². The Hall–Kier alpha value is -1.63. The molecule has 1 aromatic rings. The van der Waals surface area contributed by atoms with Crippen LogP contribution in [0.4, 0.5) is 0 Å². The van der Waals surface area contributed by atoms with E-state index in [-0.39, 0.29) is 5.78 Å². The maximum Gasteiger partial charge on any atom is 0.163 e. The molecule has 15 heavy (non-hydrogen) atoms. The van der Waals surface area contributed by atoms with Gasteiger partial charge in [0.15, 0.2) is 5.78 Å². The summed E-state index contributed by atoms with van der Waals surface area (Å²) in [5, 5.41) is 0. The molecule has 0 aliphatic carbocycles. The fourth-order valence-corrected chi connectivity index (χ4v) is 1.63. The van der Waals surface area contributed by atoms with Crippen LogP contribution in [0.1, 0.15) is 21.5 Å². The molecule has 0 N–H and O–H groups in total. The molecule has 1 aromatic carbocycles. The minimum Gasteiger partial charge on any atom is -0.294 e. The third kappa shape index (κ3) is 2.66. The highest BCUT2D eigenvalue weighted by Crippen LogP contribution is 2.17. The van der Waals surface area contributed by atoms with Gasteiger partial charge in [0.25, 0.3) is 0 Å². The third-order valence-electron chi connectivity index (χ3n) is 2.29. The van der Waals surface area contributed by atoms with E-state index >= 15 is 0 Å². The third-order valence-corrected chi connectivity index (χ3v) is 2.29. The van der Waals surface area contributed by atoms with Gasteiger partial charge in [-0.1, -0.05) is 30.4 Å². The van der Waals surface area contributed by atoms with Gasteiger partial charge in [-0.25, -0.2) is 0 Å². The highest BCUT2D eigenvalue weighted by Gasteiger charge is 2.09. The molecule has 0 heterocycles. The second-order valence-corrected chi connectivity index (χ2v) is 3.35. The number of rotatable bonds is 5. The summed E-state index contributed by atoms with van der Waals surface area (Å²) in [6.07, 6.45) is 5.10. The van der Waals surface area contributed by atoms with Crippen molar-refractivity contribution in [3.05, 3.63) is 67.1 Å². The number of allylic oxidation sites excluding steroid dienone is 2. The minimum absolute atomic E-state index is 0.141. The largest absolute Gasteiger partial charge is 0.294 e. The number of carbonyl (C=O) groups excluding carboxylic acids is 1. The first-order valence-electron chi connectivity index (χ1n) is 4.89. The average molecular weight is 199 g/mol. The molecule has 0 saturated carbocycles. The first kappa shape index (κ1) is 11.4. The summed E-state index contributed by atoms with van der Waals surface area (Å²) >= 11 is 0. The van der Waals surface area contributed by atoms with Gasteiger partial charge in [-0.3, -0.25) is 4.79 Å². The molecular weight excluding hydrogens is 184 g/mol. The Labute approximate surface area is 91.1 Å². The zero-order chi connectivity index (χ0) is 11.3. The normalized spacial score (nSPS) is 9.67. The summed E-state index contributed by atoms with van der Waals surface area (Å²) in [4.78, 5) is 11.3. The van der Waals surface area contributed by atoms with Crippen molar-refractivity contribution in [1.29, 1.82) is 0 Å². The second-order valence-electron chi connectivity index (χ2n) is 3.35. The highest BCUT2D eigenvalue weighted by molar-refractivity contribution is 6.00. The van der Waals surface area contributed by atoms with Crippen LogP contribution < -0.4 is 0 Å². The summed E-state index contributed by atoms with van der Waals surface area (Å²) in [6, 6.07) is 5.69. The van der Waals surface area contributed by atoms with Crippen LogP contribution in [0.5, 0.6) is 0 Å². The van der Waals surface area contributed by atoms with E-state index in [1.54, 1.807) is 12.1 Å². The summed E-state index contributed by atoms with van der Waals surface area (Å²) in [5.41, 5.74) is 2.83. The van der Waals surface area contributed by atoms with E-state index in [9.17, 15) is 4.79 Å². The van der Waals surface area contributed by atoms with Crippen molar-refractivity contribution in [2.45, 2.75) is 12.8 Å².